The number of guanidine groups is 1. The molecule has 0 aliphatic carbocycles. The Kier molecular flexibility index (Phi) is 28.9. The number of nitrogens with zero attached hydrogens (tertiary/aromatic N) is 1. The molecular weight excluding hydrogens is 372 g/mol. The van der Waals surface area contributed by atoms with Gasteiger partial charge >= 0.3 is 5.97 Å². The average molecular weight is 407 g/mol. The van der Waals surface area contributed by atoms with Gasteiger partial charge in [0.05, 0.1) is 0 Å². The summed E-state index contributed by atoms with van der Waals surface area (Å²) >= 11 is 0. The maximum Gasteiger partial charge on any atom is 0.322 e. The van der Waals surface area contributed by atoms with E-state index in [0.717, 1.165) is 32.2 Å². The Balaban J connectivity index is -0.000000307. The maximum atomic E-state index is 10.7. The summed E-state index contributed by atoms with van der Waals surface area (Å²) in [5, 5.41) is 10.5. The number of terminal acetylenes is 1. The zero-order valence-corrected chi connectivity index (χ0v) is 17.5. The molecular formula is C17H34N4O3S2. The molecule has 0 aromatic carbocycles. The first-order valence-corrected chi connectivity index (χ1v) is 11.0. The van der Waals surface area contributed by atoms with Gasteiger partial charge in [0.1, 0.15) is 6.54 Å². The summed E-state index contributed by atoms with van der Waals surface area (Å²) in [5.74, 6) is 1.76. The molecule has 0 aromatic heterocycles. The van der Waals surface area contributed by atoms with Crippen LogP contribution in [-0.2, 0) is 9.59 Å². The topological polar surface area (TPSA) is 131 Å². The predicted octanol–water partition coefficient (Wildman–Crippen LogP) is 2.46. The van der Waals surface area contributed by atoms with Crippen molar-refractivity contribution in [1.29, 1.82) is 0 Å². The van der Waals surface area contributed by atoms with Gasteiger partial charge in [-0.3, -0.25) is 14.6 Å². The van der Waals surface area contributed by atoms with Gasteiger partial charge in [0.25, 0.3) is 0 Å². The van der Waals surface area contributed by atoms with Crippen LogP contribution in [0.2, 0.25) is 0 Å². The summed E-state index contributed by atoms with van der Waals surface area (Å²) in [5.41, 5.74) is 10.1. The number of hydrogen-bond acceptors (Lipinski definition) is 5. The Morgan fingerprint density at radius 3 is 2.00 bits per heavy atom. The van der Waals surface area contributed by atoms with Gasteiger partial charge in [-0.2, -0.15) is 0 Å². The van der Waals surface area contributed by atoms with E-state index in [1.807, 2.05) is 28.5 Å². The highest BCUT2D eigenvalue weighted by Crippen LogP contribution is 2.29. The van der Waals surface area contributed by atoms with E-state index in [-0.39, 0.29) is 18.4 Å². The van der Waals surface area contributed by atoms with Crippen LogP contribution in [0.15, 0.2) is 4.99 Å². The third-order valence-electron chi connectivity index (χ3n) is 2.54. The van der Waals surface area contributed by atoms with E-state index in [0.29, 0.717) is 6.42 Å². The van der Waals surface area contributed by atoms with Crippen molar-refractivity contribution in [3.05, 3.63) is 0 Å². The van der Waals surface area contributed by atoms with Gasteiger partial charge in [0, 0.05) is 24.5 Å². The summed E-state index contributed by atoms with van der Waals surface area (Å²) in [6, 6.07) is 0. The fraction of sp³-hybridized carbons (Fsp3) is 0.706. The molecule has 1 rings (SSSR count). The van der Waals surface area contributed by atoms with Gasteiger partial charge in [-0.25, -0.2) is 0 Å². The number of aliphatic carboxylic acids is 1. The van der Waals surface area contributed by atoms with Crippen molar-refractivity contribution in [2.45, 2.75) is 52.4 Å². The summed E-state index contributed by atoms with van der Waals surface area (Å²) in [4.78, 5) is 24.5. The van der Waals surface area contributed by atoms with Gasteiger partial charge < -0.3 is 21.9 Å². The van der Waals surface area contributed by atoms with Crippen molar-refractivity contribution < 1.29 is 14.7 Å². The second-order valence-electron chi connectivity index (χ2n) is 4.93. The van der Waals surface area contributed by atoms with Gasteiger partial charge in [0.15, 0.2) is 5.96 Å². The number of unbranched alkanes of at least 4 members (excludes halogenated alkanes) is 2. The number of aliphatic imine (C=N–C) groups is 1. The van der Waals surface area contributed by atoms with Crippen molar-refractivity contribution in [3.63, 3.8) is 0 Å². The molecule has 1 saturated heterocycles. The number of carboxylic acids is 1. The number of rotatable bonds is 8. The number of carbonyl (C=O) groups is 2. The Hall–Kier alpha value is -1.53. The normalized spacial score (nSPS) is 11.2. The standard InChI is InChI=1S/C7H13NO3.C5H13N3.C3H6S2.C2H2/c1-2-3-4-6(9)8-5-7(10)11;1-2-3-4-8-5(6)7;1-2-4-5-3-1;1-2/h2-5H2,1H3,(H,8,9)(H,10,11);2-4H2,1H3,(H4,6,7,8);1-3H2;1-2H. The number of amides is 1. The highest BCUT2D eigenvalue weighted by Gasteiger charge is 2.01. The maximum absolute atomic E-state index is 10.7. The summed E-state index contributed by atoms with van der Waals surface area (Å²) in [6.07, 6.45) is 13.8. The van der Waals surface area contributed by atoms with E-state index in [2.05, 4.69) is 30.1 Å². The zero-order chi connectivity index (χ0) is 20.6. The minimum atomic E-state index is -1.00. The number of nitrogens with one attached hydrogen (secondary N) is 1. The number of hydrogen-bond donors (Lipinski definition) is 4. The summed E-state index contributed by atoms with van der Waals surface area (Å²) < 4.78 is 0. The Morgan fingerprint density at radius 1 is 1.12 bits per heavy atom. The van der Waals surface area contributed by atoms with E-state index in [1.54, 1.807) is 0 Å². The van der Waals surface area contributed by atoms with Crippen LogP contribution >= 0.6 is 21.6 Å². The molecule has 1 heterocycles. The Bertz CT molecular complexity index is 376. The molecule has 7 nitrogen and oxygen atoms in total. The molecule has 26 heavy (non-hydrogen) atoms. The molecule has 1 fully saturated rings. The predicted molar refractivity (Wildman–Crippen MR) is 115 cm³/mol. The molecule has 0 unspecified atom stereocenters. The van der Waals surface area contributed by atoms with Crippen molar-refractivity contribution in [2.75, 3.05) is 24.6 Å². The number of nitrogens with two attached hydrogens (primary N) is 2. The first-order valence-electron chi connectivity index (χ1n) is 8.55. The molecule has 6 N–H and O–H groups in total. The zero-order valence-electron chi connectivity index (χ0n) is 15.9. The monoisotopic (exact) mass is 406 g/mol. The van der Waals surface area contributed by atoms with E-state index >= 15 is 0 Å². The third kappa shape index (κ3) is 33.9. The second-order valence-corrected chi connectivity index (χ2v) is 7.63. The van der Waals surface area contributed by atoms with E-state index in [4.69, 9.17) is 16.6 Å². The van der Waals surface area contributed by atoms with E-state index in [1.165, 1.54) is 17.9 Å². The quantitative estimate of drug-likeness (QED) is 0.160. The molecule has 0 radical (unpaired) electrons. The van der Waals surface area contributed by atoms with Crippen LogP contribution in [0.5, 0.6) is 0 Å². The van der Waals surface area contributed by atoms with Crippen LogP contribution in [0.25, 0.3) is 0 Å². The molecule has 0 atom stereocenters. The molecule has 1 amide bonds. The lowest BCUT2D eigenvalue weighted by Gasteiger charge is -1.99. The average Bonchev–Trinajstić information content (AvgIpc) is 3.20. The molecule has 0 aromatic rings. The minimum Gasteiger partial charge on any atom is -0.480 e. The molecule has 0 saturated carbocycles. The largest absolute Gasteiger partial charge is 0.480 e. The third-order valence-corrected chi connectivity index (χ3v) is 5.12. The summed E-state index contributed by atoms with van der Waals surface area (Å²) in [7, 11) is 3.98. The Morgan fingerprint density at radius 2 is 1.65 bits per heavy atom. The van der Waals surface area contributed by atoms with Crippen LogP contribution in [0.1, 0.15) is 52.4 Å². The fourth-order valence-corrected chi connectivity index (χ4v) is 3.62. The van der Waals surface area contributed by atoms with Crippen LogP contribution in [0.3, 0.4) is 0 Å². The van der Waals surface area contributed by atoms with Gasteiger partial charge in [-0.1, -0.05) is 48.3 Å². The van der Waals surface area contributed by atoms with Crippen molar-refractivity contribution in [2.24, 2.45) is 16.5 Å². The molecule has 152 valence electrons. The van der Waals surface area contributed by atoms with Crippen molar-refractivity contribution in [1.82, 2.24) is 5.32 Å². The lowest BCUT2D eigenvalue weighted by Crippen LogP contribution is -2.28. The van der Waals surface area contributed by atoms with Crippen LogP contribution in [0.4, 0.5) is 0 Å². The van der Waals surface area contributed by atoms with E-state index in [9.17, 15) is 9.59 Å². The van der Waals surface area contributed by atoms with Gasteiger partial charge in [0.2, 0.25) is 5.91 Å². The van der Waals surface area contributed by atoms with Crippen molar-refractivity contribution in [3.8, 4) is 12.8 Å². The van der Waals surface area contributed by atoms with Crippen LogP contribution < -0.4 is 16.8 Å². The van der Waals surface area contributed by atoms with Crippen LogP contribution in [-0.4, -0.2) is 47.5 Å². The lowest BCUT2D eigenvalue weighted by atomic mass is 10.2. The molecule has 0 bridgehead atoms. The molecule has 1 aliphatic heterocycles. The highest BCUT2D eigenvalue weighted by atomic mass is 33.1. The second kappa shape index (κ2) is 25.7. The molecule has 0 spiro atoms. The SMILES string of the molecule is C#C.C1CSSC1.CCCCC(=O)NCC(=O)O.CCCCN=C(N)N. The Labute approximate surface area is 165 Å². The van der Waals surface area contributed by atoms with Crippen LogP contribution in [0, 0.1) is 12.8 Å². The minimum absolute atomic E-state index is 0.186. The highest BCUT2D eigenvalue weighted by molar-refractivity contribution is 8.77. The number of carboxylic acid groups (broad SMARTS) is 1. The lowest BCUT2D eigenvalue weighted by molar-refractivity contribution is -0.137. The van der Waals surface area contributed by atoms with E-state index < -0.39 is 5.97 Å². The smallest absolute Gasteiger partial charge is 0.322 e. The first-order chi connectivity index (χ1) is 12.4. The number of carbonyl (C=O) groups excluding carboxylic acids is 1. The first kappa shape index (κ1) is 29.2. The van der Waals surface area contributed by atoms with Crippen molar-refractivity contribution >= 4 is 39.4 Å². The summed E-state index contributed by atoms with van der Waals surface area (Å²) in [6.45, 7) is 4.56. The van der Waals surface area contributed by atoms with Gasteiger partial charge in [-0.15, -0.1) is 12.8 Å². The van der Waals surface area contributed by atoms with Gasteiger partial charge in [-0.05, 0) is 19.3 Å². The molecule has 9 heteroatoms. The molecule has 1 aliphatic rings. The fourth-order valence-electron chi connectivity index (χ4n) is 1.26.